The predicted octanol–water partition coefficient (Wildman–Crippen LogP) is 2.46. The second-order valence-electron chi connectivity index (χ2n) is 2.56. The summed E-state index contributed by atoms with van der Waals surface area (Å²) in [5.41, 5.74) is 0.372. The van der Waals surface area contributed by atoms with Crippen molar-refractivity contribution in [3.8, 4) is 11.8 Å². The zero-order valence-corrected chi connectivity index (χ0v) is 8.53. The molecule has 0 spiro atoms. The maximum Gasteiger partial charge on any atom is 0.186 e. The van der Waals surface area contributed by atoms with Gasteiger partial charge < -0.3 is 0 Å². The van der Waals surface area contributed by atoms with Gasteiger partial charge in [0.05, 0.1) is 11.3 Å². The summed E-state index contributed by atoms with van der Waals surface area (Å²) in [5, 5.41) is 0.0211. The maximum atomic E-state index is 13.0. The van der Waals surface area contributed by atoms with Gasteiger partial charge in [-0.25, -0.2) is 4.39 Å². The molecule has 72 valence electrons. The number of benzene rings is 1. The summed E-state index contributed by atoms with van der Waals surface area (Å²) in [5.74, 6) is 5.48. The standard InChI is InChI=1S/C11H9FOS/c1-9(13)14-8-4-6-10-5-2-3-7-11(10)12/h2-3,5,7H,8H2,1H3. The van der Waals surface area contributed by atoms with Gasteiger partial charge in [-0.05, 0) is 12.1 Å². The monoisotopic (exact) mass is 208 g/mol. The van der Waals surface area contributed by atoms with Gasteiger partial charge in [0.15, 0.2) is 5.12 Å². The molecule has 0 amide bonds. The molecule has 1 aromatic carbocycles. The molecule has 3 heteroatoms. The van der Waals surface area contributed by atoms with E-state index in [1.54, 1.807) is 18.2 Å². The molecule has 1 rings (SSSR count). The Bertz CT molecular complexity index is 390. The molecule has 0 fully saturated rings. The van der Waals surface area contributed by atoms with Crippen LogP contribution >= 0.6 is 11.8 Å². The van der Waals surface area contributed by atoms with Crippen LogP contribution in [0.25, 0.3) is 0 Å². The topological polar surface area (TPSA) is 17.1 Å². The second-order valence-corrected chi connectivity index (χ2v) is 3.71. The minimum atomic E-state index is -0.326. The zero-order valence-electron chi connectivity index (χ0n) is 7.71. The molecular formula is C11H9FOS. The van der Waals surface area contributed by atoms with Crippen LogP contribution in [0, 0.1) is 17.7 Å². The van der Waals surface area contributed by atoms with Crippen molar-refractivity contribution < 1.29 is 9.18 Å². The number of halogens is 1. The summed E-state index contributed by atoms with van der Waals surface area (Å²) in [6.45, 7) is 1.48. The van der Waals surface area contributed by atoms with E-state index < -0.39 is 0 Å². The molecule has 0 atom stereocenters. The van der Waals surface area contributed by atoms with Crippen molar-refractivity contribution in [3.05, 3.63) is 35.6 Å². The molecule has 0 bridgehead atoms. The van der Waals surface area contributed by atoms with E-state index >= 15 is 0 Å². The fourth-order valence-electron chi connectivity index (χ4n) is 0.832. The van der Waals surface area contributed by atoms with Gasteiger partial charge in [-0.3, -0.25) is 4.79 Å². The lowest BCUT2D eigenvalue weighted by Gasteiger charge is -1.91. The molecule has 0 aliphatic carbocycles. The molecule has 0 radical (unpaired) electrons. The smallest absolute Gasteiger partial charge is 0.186 e. The Balaban J connectivity index is 2.59. The first kappa shape index (κ1) is 10.8. The fraction of sp³-hybridized carbons (Fsp3) is 0.182. The van der Waals surface area contributed by atoms with E-state index in [-0.39, 0.29) is 10.9 Å². The van der Waals surface area contributed by atoms with Crippen molar-refractivity contribution in [2.24, 2.45) is 0 Å². The summed E-state index contributed by atoms with van der Waals surface area (Å²) >= 11 is 1.12. The Morgan fingerprint density at radius 3 is 2.86 bits per heavy atom. The van der Waals surface area contributed by atoms with E-state index in [4.69, 9.17) is 0 Å². The Hall–Kier alpha value is -1.27. The van der Waals surface area contributed by atoms with Crippen LogP contribution < -0.4 is 0 Å². The minimum absolute atomic E-state index is 0.0211. The van der Waals surface area contributed by atoms with Gasteiger partial charge in [0, 0.05) is 6.92 Å². The van der Waals surface area contributed by atoms with Crippen molar-refractivity contribution in [2.45, 2.75) is 6.92 Å². The quantitative estimate of drug-likeness (QED) is 0.659. The summed E-state index contributed by atoms with van der Waals surface area (Å²) in [6.07, 6.45) is 0. The first-order valence-corrected chi connectivity index (χ1v) is 5.05. The van der Waals surface area contributed by atoms with Gasteiger partial charge in [0.2, 0.25) is 0 Å². The summed E-state index contributed by atoms with van der Waals surface area (Å²) < 4.78 is 13.0. The fourth-order valence-corrected chi connectivity index (χ4v) is 1.18. The predicted molar refractivity (Wildman–Crippen MR) is 56.4 cm³/mol. The molecule has 14 heavy (non-hydrogen) atoms. The third-order valence-corrected chi connectivity index (χ3v) is 2.14. The van der Waals surface area contributed by atoms with E-state index in [0.29, 0.717) is 11.3 Å². The summed E-state index contributed by atoms with van der Waals surface area (Å²) in [4.78, 5) is 10.5. The van der Waals surface area contributed by atoms with Crippen molar-refractivity contribution in [1.82, 2.24) is 0 Å². The van der Waals surface area contributed by atoms with Gasteiger partial charge >= 0.3 is 0 Å². The lowest BCUT2D eigenvalue weighted by atomic mass is 10.2. The molecular weight excluding hydrogens is 199 g/mol. The maximum absolute atomic E-state index is 13.0. The third-order valence-electron chi connectivity index (χ3n) is 1.44. The Labute approximate surface area is 86.7 Å². The number of hydrogen-bond donors (Lipinski definition) is 0. The average Bonchev–Trinajstić information content (AvgIpc) is 2.15. The Morgan fingerprint density at radius 2 is 2.21 bits per heavy atom. The molecule has 0 N–H and O–H groups in total. The van der Waals surface area contributed by atoms with Crippen LogP contribution in [0.4, 0.5) is 4.39 Å². The largest absolute Gasteiger partial charge is 0.288 e. The molecule has 0 saturated carbocycles. The highest BCUT2D eigenvalue weighted by Crippen LogP contribution is 2.04. The minimum Gasteiger partial charge on any atom is -0.288 e. The second kappa shape index (κ2) is 5.46. The van der Waals surface area contributed by atoms with Gasteiger partial charge in [-0.1, -0.05) is 35.7 Å². The Kier molecular flexibility index (Phi) is 4.21. The number of carbonyl (C=O) groups is 1. The molecule has 0 aliphatic rings. The first-order valence-electron chi connectivity index (χ1n) is 4.07. The third kappa shape index (κ3) is 3.63. The van der Waals surface area contributed by atoms with Crippen LogP contribution in [0.1, 0.15) is 12.5 Å². The van der Waals surface area contributed by atoms with Gasteiger partial charge in [0.25, 0.3) is 0 Å². The van der Waals surface area contributed by atoms with Crippen LogP contribution in [-0.2, 0) is 4.79 Å². The molecule has 0 saturated heterocycles. The SMILES string of the molecule is CC(=O)SCC#Cc1ccccc1F. The Morgan fingerprint density at radius 1 is 1.50 bits per heavy atom. The van der Waals surface area contributed by atoms with E-state index in [9.17, 15) is 9.18 Å². The van der Waals surface area contributed by atoms with E-state index in [0.717, 1.165) is 11.8 Å². The van der Waals surface area contributed by atoms with Crippen molar-refractivity contribution >= 4 is 16.9 Å². The van der Waals surface area contributed by atoms with E-state index in [2.05, 4.69) is 11.8 Å². The van der Waals surface area contributed by atoms with Crippen molar-refractivity contribution in [1.29, 1.82) is 0 Å². The molecule has 0 aromatic heterocycles. The number of thioether (sulfide) groups is 1. The molecule has 1 nitrogen and oxygen atoms in total. The molecule has 0 heterocycles. The lowest BCUT2D eigenvalue weighted by molar-refractivity contribution is -0.109. The van der Waals surface area contributed by atoms with Crippen LogP contribution in [0.5, 0.6) is 0 Å². The van der Waals surface area contributed by atoms with Crippen molar-refractivity contribution in [3.63, 3.8) is 0 Å². The summed E-state index contributed by atoms with van der Waals surface area (Å²) in [6, 6.07) is 6.32. The highest BCUT2D eigenvalue weighted by atomic mass is 32.2. The van der Waals surface area contributed by atoms with Crippen molar-refractivity contribution in [2.75, 3.05) is 5.75 Å². The average molecular weight is 208 g/mol. The zero-order chi connectivity index (χ0) is 10.4. The molecule has 0 unspecified atom stereocenters. The molecule has 1 aromatic rings. The highest BCUT2D eigenvalue weighted by molar-refractivity contribution is 8.13. The normalized spacial score (nSPS) is 9.00. The number of hydrogen-bond acceptors (Lipinski definition) is 2. The molecule has 0 aliphatic heterocycles. The van der Waals surface area contributed by atoms with Gasteiger partial charge in [-0.15, -0.1) is 0 Å². The van der Waals surface area contributed by atoms with E-state index in [1.165, 1.54) is 13.0 Å². The van der Waals surface area contributed by atoms with Gasteiger partial charge in [-0.2, -0.15) is 0 Å². The van der Waals surface area contributed by atoms with Crippen LogP contribution in [0.3, 0.4) is 0 Å². The van der Waals surface area contributed by atoms with Crippen LogP contribution in [-0.4, -0.2) is 10.9 Å². The lowest BCUT2D eigenvalue weighted by Crippen LogP contribution is -1.84. The van der Waals surface area contributed by atoms with Gasteiger partial charge in [0.1, 0.15) is 5.82 Å². The first-order chi connectivity index (χ1) is 6.70. The van der Waals surface area contributed by atoms with Crippen LogP contribution in [0.15, 0.2) is 24.3 Å². The number of carbonyl (C=O) groups excluding carboxylic acids is 1. The van der Waals surface area contributed by atoms with Crippen LogP contribution in [0.2, 0.25) is 0 Å². The highest BCUT2D eigenvalue weighted by Gasteiger charge is 1.94. The number of rotatable bonds is 1. The summed E-state index contributed by atoms with van der Waals surface area (Å²) in [7, 11) is 0. The van der Waals surface area contributed by atoms with E-state index in [1.807, 2.05) is 0 Å².